The first kappa shape index (κ1) is 22.4. The molecular weight excluding hydrogens is 378 g/mol. The average Bonchev–Trinajstić information content (AvgIpc) is 3.05. The molecule has 30 heavy (non-hydrogen) atoms. The third-order valence-corrected chi connectivity index (χ3v) is 6.57. The number of carbonyl (C=O) groups excluding carboxylic acids is 1. The van der Waals surface area contributed by atoms with Crippen LogP contribution in [0.4, 0.5) is 5.69 Å². The second-order valence-corrected chi connectivity index (χ2v) is 8.65. The molecule has 2 unspecified atom stereocenters. The second kappa shape index (κ2) is 10.1. The fraction of sp³-hybridized carbons (Fsp3) is 0.636. The van der Waals surface area contributed by atoms with E-state index in [-0.39, 0.29) is 24.5 Å². The highest BCUT2D eigenvalue weighted by Crippen LogP contribution is 2.38. The van der Waals surface area contributed by atoms with Crippen LogP contribution in [0, 0.1) is 5.41 Å². The van der Waals surface area contributed by atoms with Crippen LogP contribution >= 0.6 is 0 Å². The van der Waals surface area contributed by atoms with Crippen molar-refractivity contribution in [2.75, 3.05) is 38.0 Å². The summed E-state index contributed by atoms with van der Waals surface area (Å²) in [5.74, 6) is 0.521. The van der Waals surface area contributed by atoms with Crippen molar-refractivity contribution in [2.45, 2.75) is 57.2 Å². The molecule has 3 rings (SSSR count). The number of carbonyl (C=O) groups is 1. The van der Waals surface area contributed by atoms with Gasteiger partial charge in [-0.2, -0.15) is 0 Å². The first-order valence-corrected chi connectivity index (χ1v) is 11.1. The van der Waals surface area contributed by atoms with Crippen LogP contribution < -0.4 is 22.1 Å². The summed E-state index contributed by atoms with van der Waals surface area (Å²) in [5.41, 5.74) is 13.7. The van der Waals surface area contributed by atoms with Crippen LogP contribution in [0.2, 0.25) is 0 Å². The van der Waals surface area contributed by atoms with E-state index in [0.717, 1.165) is 38.9 Å². The van der Waals surface area contributed by atoms with Crippen LogP contribution in [0.1, 0.15) is 44.6 Å². The van der Waals surface area contributed by atoms with Crippen molar-refractivity contribution < 1.29 is 4.79 Å². The second-order valence-electron chi connectivity index (χ2n) is 8.65. The molecule has 166 valence electrons. The number of hydrogen-bond donors (Lipinski definition) is 5. The highest BCUT2D eigenvalue weighted by atomic mass is 16.2. The first-order valence-electron chi connectivity index (χ1n) is 11.1. The van der Waals surface area contributed by atoms with Gasteiger partial charge in [-0.3, -0.25) is 15.1 Å². The van der Waals surface area contributed by atoms with E-state index in [1.165, 1.54) is 11.3 Å². The Labute approximate surface area is 179 Å². The van der Waals surface area contributed by atoms with Gasteiger partial charge in [0.2, 0.25) is 5.91 Å². The molecule has 1 aromatic rings. The van der Waals surface area contributed by atoms with Gasteiger partial charge in [0.1, 0.15) is 0 Å². The van der Waals surface area contributed by atoms with E-state index in [9.17, 15) is 4.79 Å². The highest BCUT2D eigenvalue weighted by Gasteiger charge is 2.35. The first-order chi connectivity index (χ1) is 14.4. The number of nitrogens with zero attached hydrogens (tertiary/aromatic N) is 2. The lowest BCUT2D eigenvalue weighted by atomic mass is 9.92. The molecule has 4 atom stereocenters. The number of anilines is 1. The molecule has 0 bridgehead atoms. The Balaban J connectivity index is 1.60. The van der Waals surface area contributed by atoms with Crippen LogP contribution in [0.5, 0.6) is 0 Å². The number of guanidine groups is 1. The van der Waals surface area contributed by atoms with Crippen LogP contribution in [0.25, 0.3) is 0 Å². The molecule has 1 saturated heterocycles. The molecule has 0 saturated carbocycles. The minimum Gasteiger partial charge on any atom is -0.382 e. The van der Waals surface area contributed by atoms with Gasteiger partial charge in [0, 0.05) is 49.4 Å². The lowest BCUT2D eigenvalue weighted by Crippen LogP contribution is -2.60. The van der Waals surface area contributed by atoms with Gasteiger partial charge >= 0.3 is 0 Å². The van der Waals surface area contributed by atoms with Crippen LogP contribution in [0.3, 0.4) is 0 Å². The van der Waals surface area contributed by atoms with Crippen molar-refractivity contribution in [3.05, 3.63) is 29.8 Å². The standard InChI is InChI=1S/C22H37N7O/c1-15-13-29(21(30)12-23)17(6-5-10-26-22(24)25)14-28(15)11-9-18-16(2)27-20-8-4-3-7-19(18)20/h3-4,7-8,15-18,27H,5-6,9-14,23H2,1-2H3,(H4,24,25,26)/t15-,16?,17+,18?/m1/s1. The molecule has 8 nitrogen and oxygen atoms in total. The van der Waals surface area contributed by atoms with Gasteiger partial charge in [0.05, 0.1) is 6.54 Å². The van der Waals surface area contributed by atoms with Crippen LogP contribution in [-0.4, -0.2) is 72.5 Å². The number of hydrogen-bond acceptors (Lipinski definition) is 5. The molecular formula is C22H37N7O. The van der Waals surface area contributed by atoms with Crippen molar-refractivity contribution in [3.8, 4) is 0 Å². The van der Waals surface area contributed by atoms with Gasteiger partial charge in [-0.1, -0.05) is 18.2 Å². The van der Waals surface area contributed by atoms with E-state index in [4.69, 9.17) is 16.9 Å². The van der Waals surface area contributed by atoms with Gasteiger partial charge < -0.3 is 27.0 Å². The van der Waals surface area contributed by atoms with Crippen molar-refractivity contribution in [3.63, 3.8) is 0 Å². The van der Waals surface area contributed by atoms with E-state index in [2.05, 4.69) is 53.6 Å². The fourth-order valence-electron chi connectivity index (χ4n) is 4.92. The number of nitrogens with two attached hydrogens (primary N) is 2. The predicted octanol–water partition coefficient (Wildman–Crippen LogP) is 1.10. The average molecular weight is 416 g/mol. The summed E-state index contributed by atoms with van der Waals surface area (Å²) in [7, 11) is 0. The Morgan fingerprint density at radius 2 is 2.03 bits per heavy atom. The zero-order valence-corrected chi connectivity index (χ0v) is 18.2. The lowest BCUT2D eigenvalue weighted by Gasteiger charge is -2.46. The minimum absolute atomic E-state index is 0.0108. The number of fused-ring (bicyclic) bond motifs is 1. The maximum atomic E-state index is 12.4. The van der Waals surface area contributed by atoms with Gasteiger partial charge in [-0.15, -0.1) is 0 Å². The zero-order chi connectivity index (χ0) is 21.7. The number of piperazine rings is 1. The topological polar surface area (TPSA) is 123 Å². The molecule has 7 N–H and O–H groups in total. The van der Waals surface area contributed by atoms with Gasteiger partial charge in [0.25, 0.3) is 0 Å². The third-order valence-electron chi connectivity index (χ3n) is 6.57. The smallest absolute Gasteiger partial charge is 0.236 e. The summed E-state index contributed by atoms with van der Waals surface area (Å²) in [4.78, 5) is 16.9. The Morgan fingerprint density at radius 3 is 2.77 bits per heavy atom. The summed E-state index contributed by atoms with van der Waals surface area (Å²) in [6.45, 7) is 7.76. The van der Waals surface area contributed by atoms with Crippen molar-refractivity contribution in [1.82, 2.24) is 15.1 Å². The molecule has 2 aliphatic heterocycles. The highest BCUT2D eigenvalue weighted by molar-refractivity contribution is 5.78. The van der Waals surface area contributed by atoms with E-state index >= 15 is 0 Å². The maximum Gasteiger partial charge on any atom is 0.236 e. The Kier molecular flexibility index (Phi) is 7.55. The van der Waals surface area contributed by atoms with E-state index in [1.807, 2.05) is 4.90 Å². The third kappa shape index (κ3) is 5.23. The minimum atomic E-state index is -0.0108. The summed E-state index contributed by atoms with van der Waals surface area (Å²) < 4.78 is 0. The maximum absolute atomic E-state index is 12.4. The van der Waals surface area contributed by atoms with E-state index < -0.39 is 0 Å². The van der Waals surface area contributed by atoms with Crippen molar-refractivity contribution in [1.29, 1.82) is 5.41 Å². The molecule has 8 heteroatoms. The molecule has 2 aliphatic rings. The quantitative estimate of drug-likeness (QED) is 0.246. The molecule has 0 aliphatic carbocycles. The molecule has 0 radical (unpaired) electrons. The van der Waals surface area contributed by atoms with Crippen LogP contribution in [0.15, 0.2) is 24.3 Å². The predicted molar refractivity (Wildman–Crippen MR) is 122 cm³/mol. The normalized spacial score (nSPS) is 26.2. The molecule has 1 aromatic carbocycles. The largest absolute Gasteiger partial charge is 0.382 e. The van der Waals surface area contributed by atoms with Gasteiger partial charge in [-0.25, -0.2) is 0 Å². The van der Waals surface area contributed by atoms with E-state index in [0.29, 0.717) is 24.5 Å². The summed E-state index contributed by atoms with van der Waals surface area (Å²) in [6, 6.07) is 9.51. The molecule has 0 aromatic heterocycles. The number of rotatable bonds is 8. The molecule has 1 fully saturated rings. The Morgan fingerprint density at radius 1 is 1.27 bits per heavy atom. The lowest BCUT2D eigenvalue weighted by molar-refractivity contribution is -0.136. The molecule has 2 heterocycles. The Hall–Kier alpha value is -2.32. The van der Waals surface area contributed by atoms with E-state index in [1.54, 1.807) is 0 Å². The number of para-hydroxylation sites is 1. The van der Waals surface area contributed by atoms with Gasteiger partial charge in [0.15, 0.2) is 5.96 Å². The van der Waals surface area contributed by atoms with Gasteiger partial charge in [-0.05, 0) is 51.3 Å². The SMILES string of the molecule is CC1Nc2ccccc2C1CCN1C[C@H](CCCNC(=N)N)N(C(=O)CN)C[C@H]1C. The summed E-state index contributed by atoms with van der Waals surface area (Å²) in [6.07, 6.45) is 2.83. The summed E-state index contributed by atoms with van der Waals surface area (Å²) in [5, 5.41) is 13.8. The monoisotopic (exact) mass is 415 g/mol. The zero-order valence-electron chi connectivity index (χ0n) is 18.2. The number of nitrogens with one attached hydrogen (secondary N) is 3. The Bertz CT molecular complexity index is 740. The number of benzene rings is 1. The van der Waals surface area contributed by atoms with Crippen molar-refractivity contribution >= 4 is 17.6 Å². The fourth-order valence-corrected chi connectivity index (χ4v) is 4.92. The van der Waals surface area contributed by atoms with Crippen molar-refractivity contribution in [2.24, 2.45) is 11.5 Å². The number of amides is 1. The molecule has 1 amide bonds. The summed E-state index contributed by atoms with van der Waals surface area (Å²) >= 11 is 0. The van der Waals surface area contributed by atoms with Crippen LogP contribution in [-0.2, 0) is 4.79 Å². The molecule has 0 spiro atoms.